The Kier molecular flexibility index (Phi) is 4.09. The third-order valence-corrected chi connectivity index (χ3v) is 2.82. The van der Waals surface area contributed by atoms with E-state index in [4.69, 9.17) is 4.52 Å². The Labute approximate surface area is 106 Å². The van der Waals surface area contributed by atoms with Crippen LogP contribution in [-0.2, 0) is 13.1 Å². The van der Waals surface area contributed by atoms with E-state index < -0.39 is 0 Å². The van der Waals surface area contributed by atoms with Gasteiger partial charge in [0.05, 0.1) is 24.1 Å². The molecule has 0 aromatic carbocycles. The molecule has 6 heteroatoms. The molecular weight excluding hydrogens is 230 g/mol. The molecule has 2 aromatic heterocycles. The summed E-state index contributed by atoms with van der Waals surface area (Å²) in [5.41, 5.74) is 2.94. The number of hydrogen-bond donors (Lipinski definition) is 1. The first-order valence-corrected chi connectivity index (χ1v) is 6.22. The molecule has 0 radical (unpaired) electrons. The van der Waals surface area contributed by atoms with E-state index in [1.54, 1.807) is 0 Å². The average Bonchev–Trinajstić information content (AvgIpc) is 2.92. The molecule has 0 aliphatic carbocycles. The lowest BCUT2D eigenvalue weighted by molar-refractivity contribution is 0.391. The first kappa shape index (κ1) is 12.8. The lowest BCUT2D eigenvalue weighted by Gasteiger charge is -1.99. The zero-order chi connectivity index (χ0) is 13.0. The molecule has 0 atom stereocenters. The van der Waals surface area contributed by atoms with Crippen molar-refractivity contribution < 1.29 is 4.52 Å². The van der Waals surface area contributed by atoms with Crippen LogP contribution in [-0.4, -0.2) is 26.7 Å². The molecule has 1 N–H and O–H groups in total. The van der Waals surface area contributed by atoms with Crippen molar-refractivity contribution in [2.75, 3.05) is 6.54 Å². The number of aromatic nitrogens is 4. The first-order chi connectivity index (χ1) is 8.70. The van der Waals surface area contributed by atoms with Crippen molar-refractivity contribution in [3.05, 3.63) is 28.9 Å². The van der Waals surface area contributed by atoms with Crippen molar-refractivity contribution in [1.29, 1.82) is 0 Å². The van der Waals surface area contributed by atoms with Gasteiger partial charge in [-0.15, -0.1) is 5.10 Å². The Morgan fingerprint density at radius 2 is 2.22 bits per heavy atom. The fraction of sp³-hybridized carbons (Fsp3) is 0.583. The van der Waals surface area contributed by atoms with Gasteiger partial charge in [-0.2, -0.15) is 0 Å². The van der Waals surface area contributed by atoms with Gasteiger partial charge in [0.1, 0.15) is 5.76 Å². The van der Waals surface area contributed by atoms with E-state index in [1.807, 2.05) is 24.7 Å². The van der Waals surface area contributed by atoms with Gasteiger partial charge in [-0.3, -0.25) is 0 Å². The van der Waals surface area contributed by atoms with Crippen LogP contribution >= 0.6 is 0 Å². The van der Waals surface area contributed by atoms with Crippen LogP contribution in [0.3, 0.4) is 0 Å². The van der Waals surface area contributed by atoms with E-state index in [-0.39, 0.29) is 0 Å². The smallest absolute Gasteiger partial charge is 0.138 e. The van der Waals surface area contributed by atoms with Crippen LogP contribution in [0.5, 0.6) is 0 Å². The second-order valence-electron chi connectivity index (χ2n) is 4.39. The van der Waals surface area contributed by atoms with Gasteiger partial charge in [-0.05, 0) is 26.8 Å². The summed E-state index contributed by atoms with van der Waals surface area (Å²) in [6.07, 6.45) is 3.07. The fourth-order valence-electron chi connectivity index (χ4n) is 1.78. The summed E-state index contributed by atoms with van der Waals surface area (Å²) in [6.45, 7) is 8.40. The van der Waals surface area contributed by atoms with Gasteiger partial charge in [0.2, 0.25) is 0 Å². The van der Waals surface area contributed by atoms with Crippen LogP contribution in [0, 0.1) is 13.8 Å². The summed E-state index contributed by atoms with van der Waals surface area (Å²) >= 11 is 0. The lowest BCUT2D eigenvalue weighted by Crippen LogP contribution is -2.13. The average molecular weight is 249 g/mol. The Morgan fingerprint density at radius 1 is 1.39 bits per heavy atom. The van der Waals surface area contributed by atoms with Crippen LogP contribution < -0.4 is 5.32 Å². The minimum Gasteiger partial charge on any atom is -0.361 e. The zero-order valence-electron chi connectivity index (χ0n) is 11.1. The SMILES string of the molecule is CCCNCc1cn(Cc2c(C)noc2C)nn1. The summed E-state index contributed by atoms with van der Waals surface area (Å²) in [5.74, 6) is 0.841. The highest BCUT2D eigenvalue weighted by atomic mass is 16.5. The molecule has 6 nitrogen and oxygen atoms in total. The van der Waals surface area contributed by atoms with E-state index in [1.165, 1.54) is 0 Å². The Morgan fingerprint density at radius 3 is 2.89 bits per heavy atom. The van der Waals surface area contributed by atoms with Gasteiger partial charge < -0.3 is 9.84 Å². The Bertz CT molecular complexity index is 483. The van der Waals surface area contributed by atoms with Gasteiger partial charge in [0.25, 0.3) is 0 Å². The molecular formula is C12H19N5O. The number of rotatable bonds is 6. The van der Waals surface area contributed by atoms with Gasteiger partial charge in [0.15, 0.2) is 0 Å². The van der Waals surface area contributed by atoms with Crippen LogP contribution in [0.1, 0.15) is 36.1 Å². The van der Waals surface area contributed by atoms with Crippen LogP contribution in [0.15, 0.2) is 10.7 Å². The minimum atomic E-state index is 0.655. The maximum absolute atomic E-state index is 5.13. The zero-order valence-corrected chi connectivity index (χ0v) is 11.1. The maximum Gasteiger partial charge on any atom is 0.138 e. The highest BCUT2D eigenvalue weighted by Crippen LogP contribution is 2.13. The monoisotopic (exact) mass is 249 g/mol. The predicted molar refractivity (Wildman–Crippen MR) is 67.1 cm³/mol. The van der Waals surface area contributed by atoms with Crippen molar-refractivity contribution in [2.24, 2.45) is 0 Å². The molecule has 0 amide bonds. The molecule has 2 rings (SSSR count). The maximum atomic E-state index is 5.13. The van der Waals surface area contributed by atoms with E-state index in [0.717, 1.165) is 42.2 Å². The molecule has 0 fully saturated rings. The Balaban J connectivity index is 1.98. The summed E-state index contributed by atoms with van der Waals surface area (Å²) < 4.78 is 6.94. The minimum absolute atomic E-state index is 0.655. The van der Waals surface area contributed by atoms with E-state index in [2.05, 4.69) is 27.7 Å². The molecule has 0 aliphatic heterocycles. The third kappa shape index (κ3) is 2.95. The van der Waals surface area contributed by atoms with Gasteiger partial charge >= 0.3 is 0 Å². The lowest BCUT2D eigenvalue weighted by atomic mass is 10.2. The predicted octanol–water partition coefficient (Wildman–Crippen LogP) is 1.43. The number of hydrogen-bond acceptors (Lipinski definition) is 5. The highest BCUT2D eigenvalue weighted by Gasteiger charge is 2.10. The summed E-state index contributed by atoms with van der Waals surface area (Å²) in [4.78, 5) is 0. The molecule has 2 aromatic rings. The third-order valence-electron chi connectivity index (χ3n) is 2.82. The van der Waals surface area contributed by atoms with Gasteiger partial charge in [-0.25, -0.2) is 4.68 Å². The number of nitrogens with zero attached hydrogens (tertiary/aromatic N) is 4. The normalized spacial score (nSPS) is 11.1. The molecule has 2 heterocycles. The summed E-state index contributed by atoms with van der Waals surface area (Å²) in [7, 11) is 0. The number of nitrogens with one attached hydrogen (secondary N) is 1. The van der Waals surface area contributed by atoms with Gasteiger partial charge in [-0.1, -0.05) is 17.3 Å². The molecule has 0 saturated carbocycles. The molecule has 0 unspecified atom stereocenters. The van der Waals surface area contributed by atoms with Crippen LogP contribution in [0.2, 0.25) is 0 Å². The van der Waals surface area contributed by atoms with Crippen LogP contribution in [0.4, 0.5) is 0 Å². The summed E-state index contributed by atoms with van der Waals surface area (Å²) in [6, 6.07) is 0. The van der Waals surface area contributed by atoms with Crippen molar-refractivity contribution in [3.8, 4) is 0 Å². The van der Waals surface area contributed by atoms with Crippen molar-refractivity contribution in [1.82, 2.24) is 25.5 Å². The summed E-state index contributed by atoms with van der Waals surface area (Å²) in [5, 5.41) is 15.5. The van der Waals surface area contributed by atoms with Crippen molar-refractivity contribution in [2.45, 2.75) is 40.3 Å². The second-order valence-corrected chi connectivity index (χ2v) is 4.39. The fourth-order valence-corrected chi connectivity index (χ4v) is 1.78. The van der Waals surface area contributed by atoms with Crippen LogP contribution in [0.25, 0.3) is 0 Å². The molecule has 0 saturated heterocycles. The Hall–Kier alpha value is -1.69. The largest absolute Gasteiger partial charge is 0.361 e. The van der Waals surface area contributed by atoms with Crippen molar-refractivity contribution in [3.63, 3.8) is 0 Å². The highest BCUT2D eigenvalue weighted by molar-refractivity contribution is 5.20. The quantitative estimate of drug-likeness (QED) is 0.784. The second kappa shape index (κ2) is 5.77. The molecule has 0 aliphatic rings. The van der Waals surface area contributed by atoms with E-state index >= 15 is 0 Å². The molecule has 0 bridgehead atoms. The van der Waals surface area contributed by atoms with E-state index in [9.17, 15) is 0 Å². The van der Waals surface area contributed by atoms with E-state index in [0.29, 0.717) is 6.54 Å². The van der Waals surface area contributed by atoms with Gasteiger partial charge in [0, 0.05) is 12.1 Å². The standard InChI is InChI=1S/C12H19N5O/c1-4-5-13-6-11-7-17(16-14-11)8-12-9(2)15-18-10(12)3/h7,13H,4-6,8H2,1-3H3. The first-order valence-electron chi connectivity index (χ1n) is 6.22. The molecule has 0 spiro atoms. The molecule has 18 heavy (non-hydrogen) atoms. The molecule has 98 valence electrons. The topological polar surface area (TPSA) is 68.8 Å². The number of aryl methyl sites for hydroxylation is 2. The van der Waals surface area contributed by atoms with Crippen molar-refractivity contribution >= 4 is 0 Å².